The van der Waals surface area contributed by atoms with Crippen molar-refractivity contribution in [3.8, 4) is 0 Å². The first-order valence-corrected chi connectivity index (χ1v) is 11.0. The normalized spacial score (nSPS) is 28.4. The topological polar surface area (TPSA) is 27.7 Å². The van der Waals surface area contributed by atoms with Gasteiger partial charge in [-0.05, 0) is 55.3 Å². The second kappa shape index (κ2) is 10.4. The molecular formula is C23H44O3. The van der Waals surface area contributed by atoms with E-state index in [1.165, 1.54) is 44.9 Å². The molecule has 0 aromatic heterocycles. The van der Waals surface area contributed by atoms with E-state index in [0.29, 0.717) is 35.7 Å². The Bertz CT molecular complexity index is 365. The summed E-state index contributed by atoms with van der Waals surface area (Å²) < 4.78 is 18.3. The van der Waals surface area contributed by atoms with E-state index in [9.17, 15) is 0 Å². The molecule has 3 nitrogen and oxygen atoms in total. The summed E-state index contributed by atoms with van der Waals surface area (Å²) >= 11 is 0. The Morgan fingerprint density at radius 3 is 1.65 bits per heavy atom. The van der Waals surface area contributed by atoms with Crippen LogP contribution in [0.3, 0.4) is 0 Å². The fraction of sp³-hybridized carbons (Fsp3) is 1.00. The summed E-state index contributed by atoms with van der Waals surface area (Å²) in [7, 11) is 3.65. The van der Waals surface area contributed by atoms with Crippen LogP contribution in [-0.4, -0.2) is 40.1 Å². The Balaban J connectivity index is 2.16. The highest BCUT2D eigenvalue weighted by Gasteiger charge is 2.44. The van der Waals surface area contributed by atoms with E-state index < -0.39 is 0 Å². The van der Waals surface area contributed by atoms with Crippen LogP contribution in [0.2, 0.25) is 0 Å². The van der Waals surface area contributed by atoms with Gasteiger partial charge in [0.15, 0.2) is 0 Å². The molecular weight excluding hydrogens is 324 g/mol. The third-order valence-electron chi connectivity index (χ3n) is 7.28. The van der Waals surface area contributed by atoms with Gasteiger partial charge in [-0.1, -0.05) is 47.0 Å². The predicted octanol–water partition coefficient (Wildman–Crippen LogP) is 5.57. The maximum absolute atomic E-state index is 6.85. The lowest BCUT2D eigenvalue weighted by molar-refractivity contribution is -0.141. The van der Waals surface area contributed by atoms with E-state index in [4.69, 9.17) is 14.2 Å². The first kappa shape index (κ1) is 22.2. The van der Waals surface area contributed by atoms with Crippen LogP contribution in [0.5, 0.6) is 0 Å². The Kier molecular flexibility index (Phi) is 8.90. The Morgan fingerprint density at radius 2 is 1.23 bits per heavy atom. The lowest BCUT2D eigenvalue weighted by Crippen LogP contribution is -2.47. The lowest BCUT2D eigenvalue weighted by Gasteiger charge is -2.45. The van der Waals surface area contributed by atoms with Crippen molar-refractivity contribution in [1.82, 2.24) is 0 Å². The molecule has 2 unspecified atom stereocenters. The van der Waals surface area contributed by atoms with Crippen molar-refractivity contribution in [2.24, 2.45) is 35.0 Å². The van der Waals surface area contributed by atoms with Gasteiger partial charge in [0.25, 0.3) is 0 Å². The summed E-state index contributed by atoms with van der Waals surface area (Å²) in [5.74, 6) is 3.41. The molecule has 0 aliphatic heterocycles. The zero-order valence-electron chi connectivity index (χ0n) is 18.3. The van der Waals surface area contributed by atoms with E-state index in [1.54, 1.807) is 0 Å². The minimum absolute atomic E-state index is 0.0144. The fourth-order valence-electron chi connectivity index (χ4n) is 5.76. The smallest absolute Gasteiger partial charge is 0.0636 e. The van der Waals surface area contributed by atoms with Crippen LogP contribution in [0.1, 0.15) is 72.6 Å². The Hall–Kier alpha value is -0.120. The third-order valence-corrected chi connectivity index (χ3v) is 7.28. The van der Waals surface area contributed by atoms with Gasteiger partial charge in [-0.2, -0.15) is 0 Å². The summed E-state index contributed by atoms with van der Waals surface area (Å²) in [5.41, 5.74) is 0.0144. The maximum atomic E-state index is 6.85. The van der Waals surface area contributed by atoms with Gasteiger partial charge in [-0.25, -0.2) is 0 Å². The summed E-state index contributed by atoms with van der Waals surface area (Å²) in [6, 6.07) is 0. The van der Waals surface area contributed by atoms with Gasteiger partial charge in [-0.15, -0.1) is 0 Å². The molecule has 2 saturated carbocycles. The highest BCUT2D eigenvalue weighted by Crippen LogP contribution is 2.44. The molecule has 3 heteroatoms. The molecule has 154 valence electrons. The molecule has 0 saturated heterocycles. The highest BCUT2D eigenvalue weighted by atomic mass is 16.5. The molecule has 0 radical (unpaired) electrons. The van der Waals surface area contributed by atoms with Crippen molar-refractivity contribution in [3.63, 3.8) is 0 Å². The molecule has 2 aliphatic carbocycles. The number of hydrogen-bond donors (Lipinski definition) is 0. The molecule has 0 spiro atoms. The number of methoxy groups -OCH3 is 2. The van der Waals surface area contributed by atoms with Gasteiger partial charge in [0.1, 0.15) is 0 Å². The Morgan fingerprint density at radius 1 is 0.731 bits per heavy atom. The summed E-state index contributed by atoms with van der Waals surface area (Å²) in [6.07, 6.45) is 9.64. The van der Waals surface area contributed by atoms with Gasteiger partial charge in [0, 0.05) is 19.6 Å². The monoisotopic (exact) mass is 368 g/mol. The molecule has 0 amide bonds. The largest absolute Gasteiger partial charge is 0.384 e. The standard InChI is InChI=1S/C23H44O3/c1-17(2)20-12-9-13-21(18(3)4)22(20)26-16-23(14-24-5,15-25-6)19-10-7-8-11-19/h17-22H,7-16H2,1-6H3. The van der Waals surface area contributed by atoms with Gasteiger partial charge in [0.05, 0.1) is 25.9 Å². The van der Waals surface area contributed by atoms with Crippen molar-refractivity contribution in [2.45, 2.75) is 78.7 Å². The van der Waals surface area contributed by atoms with Crippen molar-refractivity contribution in [1.29, 1.82) is 0 Å². The average molecular weight is 369 g/mol. The van der Waals surface area contributed by atoms with Crippen LogP contribution in [0, 0.1) is 35.0 Å². The van der Waals surface area contributed by atoms with E-state index in [2.05, 4.69) is 27.7 Å². The molecule has 0 bridgehead atoms. The first-order chi connectivity index (χ1) is 12.4. The van der Waals surface area contributed by atoms with Crippen molar-refractivity contribution in [2.75, 3.05) is 34.0 Å². The SMILES string of the molecule is COCC(COC)(COC1C(C(C)C)CCCC1C(C)C)C1CCCC1. The zero-order valence-corrected chi connectivity index (χ0v) is 18.3. The average Bonchev–Trinajstić information content (AvgIpc) is 3.14. The molecule has 2 aliphatic rings. The minimum atomic E-state index is 0.0144. The zero-order chi connectivity index (χ0) is 19.2. The van der Waals surface area contributed by atoms with Crippen molar-refractivity contribution in [3.05, 3.63) is 0 Å². The summed E-state index contributed by atoms with van der Waals surface area (Å²) in [5, 5.41) is 0. The lowest BCUT2D eigenvalue weighted by atomic mass is 9.69. The van der Waals surface area contributed by atoms with Gasteiger partial charge < -0.3 is 14.2 Å². The molecule has 0 heterocycles. The van der Waals surface area contributed by atoms with E-state index in [1.807, 2.05) is 14.2 Å². The summed E-state index contributed by atoms with van der Waals surface area (Å²) in [6.45, 7) is 11.8. The number of rotatable bonds is 10. The molecule has 0 aromatic rings. The molecule has 0 N–H and O–H groups in total. The maximum Gasteiger partial charge on any atom is 0.0636 e. The van der Waals surface area contributed by atoms with Gasteiger partial charge >= 0.3 is 0 Å². The first-order valence-electron chi connectivity index (χ1n) is 11.0. The van der Waals surface area contributed by atoms with Crippen molar-refractivity contribution >= 4 is 0 Å². The van der Waals surface area contributed by atoms with E-state index in [-0.39, 0.29) is 5.41 Å². The van der Waals surface area contributed by atoms with Crippen LogP contribution in [0.4, 0.5) is 0 Å². The fourth-order valence-corrected chi connectivity index (χ4v) is 5.76. The molecule has 2 rings (SSSR count). The van der Waals surface area contributed by atoms with E-state index >= 15 is 0 Å². The predicted molar refractivity (Wildman–Crippen MR) is 108 cm³/mol. The van der Waals surface area contributed by atoms with Crippen LogP contribution in [0.15, 0.2) is 0 Å². The van der Waals surface area contributed by atoms with Crippen LogP contribution >= 0.6 is 0 Å². The molecule has 26 heavy (non-hydrogen) atoms. The van der Waals surface area contributed by atoms with Crippen LogP contribution in [0.25, 0.3) is 0 Å². The third kappa shape index (κ3) is 5.23. The number of ether oxygens (including phenoxy) is 3. The Labute approximate surface area is 162 Å². The van der Waals surface area contributed by atoms with Crippen molar-refractivity contribution < 1.29 is 14.2 Å². The highest BCUT2D eigenvalue weighted by molar-refractivity contribution is 4.92. The molecule has 0 aromatic carbocycles. The quantitative estimate of drug-likeness (QED) is 0.504. The molecule has 2 atom stereocenters. The second-order valence-electron chi connectivity index (χ2n) is 9.73. The second-order valence-corrected chi connectivity index (χ2v) is 9.73. The molecule has 2 fully saturated rings. The van der Waals surface area contributed by atoms with Gasteiger partial charge in [-0.3, -0.25) is 0 Å². The van der Waals surface area contributed by atoms with Crippen LogP contribution < -0.4 is 0 Å². The summed E-state index contributed by atoms with van der Waals surface area (Å²) in [4.78, 5) is 0. The minimum Gasteiger partial charge on any atom is -0.384 e. The van der Waals surface area contributed by atoms with Gasteiger partial charge in [0.2, 0.25) is 0 Å². The number of hydrogen-bond acceptors (Lipinski definition) is 3. The van der Waals surface area contributed by atoms with E-state index in [0.717, 1.165) is 19.8 Å². The van der Waals surface area contributed by atoms with Crippen LogP contribution in [-0.2, 0) is 14.2 Å².